The Morgan fingerprint density at radius 1 is 0.889 bits per heavy atom. The second-order valence-corrected chi connectivity index (χ2v) is 6.61. The third kappa shape index (κ3) is 4.08. The number of carbonyl (C=O) groups excluding carboxylic acids is 1. The minimum absolute atomic E-state index is 0.127. The summed E-state index contributed by atoms with van der Waals surface area (Å²) in [6.45, 7) is 1.21. The van der Waals surface area contributed by atoms with Crippen molar-refractivity contribution in [2.75, 3.05) is 13.1 Å². The van der Waals surface area contributed by atoms with Gasteiger partial charge >= 0.3 is 6.03 Å². The van der Waals surface area contributed by atoms with E-state index in [1.165, 1.54) is 21.9 Å². The Bertz CT molecular complexity index is 1060. The summed E-state index contributed by atoms with van der Waals surface area (Å²) in [4.78, 5) is 12.0. The molecule has 0 aliphatic carbocycles. The van der Waals surface area contributed by atoms with Crippen LogP contribution in [0.25, 0.3) is 21.7 Å². The summed E-state index contributed by atoms with van der Waals surface area (Å²) in [5.74, 6) is 0. The number of amides is 2. The minimum atomic E-state index is -0.127. The molecule has 0 spiro atoms. The maximum absolute atomic E-state index is 12.0. The molecule has 0 fully saturated rings. The normalized spacial score (nSPS) is 11.0. The predicted molar refractivity (Wildman–Crippen MR) is 109 cm³/mol. The predicted octanol–water partition coefficient (Wildman–Crippen LogP) is 3.80. The van der Waals surface area contributed by atoms with Crippen LogP contribution >= 0.6 is 0 Å². The number of fused-ring (bicyclic) bond motifs is 2. The topological polar surface area (TPSA) is 69.8 Å². The molecule has 0 saturated heterocycles. The lowest BCUT2D eigenvalue weighted by Gasteiger charge is -2.09. The summed E-state index contributed by atoms with van der Waals surface area (Å²) in [5.41, 5.74) is 3.44. The summed E-state index contributed by atoms with van der Waals surface area (Å²) in [6.07, 6.45) is 3.40. The largest absolute Gasteiger partial charge is 0.338 e. The highest BCUT2D eigenvalue weighted by molar-refractivity contribution is 5.85. The van der Waals surface area contributed by atoms with Crippen LogP contribution in [0.1, 0.15) is 11.1 Å². The molecule has 1 aromatic heterocycles. The number of hydrogen-bond acceptors (Lipinski definition) is 2. The molecular weight excluding hydrogens is 336 g/mol. The van der Waals surface area contributed by atoms with E-state index in [0.29, 0.717) is 13.1 Å². The Morgan fingerprint density at radius 3 is 2.63 bits per heavy atom. The zero-order valence-electron chi connectivity index (χ0n) is 15.0. The number of rotatable bonds is 6. The van der Waals surface area contributed by atoms with Crippen molar-refractivity contribution in [3.05, 3.63) is 78.0 Å². The van der Waals surface area contributed by atoms with Crippen LogP contribution in [0.3, 0.4) is 0 Å². The quantitative estimate of drug-likeness (QED) is 0.491. The number of nitrogens with zero attached hydrogens (tertiary/aromatic N) is 1. The van der Waals surface area contributed by atoms with Crippen LogP contribution in [0.15, 0.2) is 66.9 Å². The van der Waals surface area contributed by atoms with Crippen molar-refractivity contribution < 1.29 is 4.79 Å². The van der Waals surface area contributed by atoms with Gasteiger partial charge in [0.25, 0.3) is 0 Å². The maximum Gasteiger partial charge on any atom is 0.314 e. The van der Waals surface area contributed by atoms with E-state index in [1.54, 1.807) is 6.20 Å². The number of aromatic nitrogens is 2. The molecule has 4 rings (SSSR count). The monoisotopic (exact) mass is 358 g/mol. The molecule has 0 aliphatic rings. The lowest BCUT2D eigenvalue weighted by atomic mass is 10.0. The van der Waals surface area contributed by atoms with Crippen molar-refractivity contribution in [2.24, 2.45) is 0 Å². The van der Waals surface area contributed by atoms with E-state index in [0.717, 1.165) is 23.7 Å². The molecule has 0 bridgehead atoms. The standard InChI is InChI=1S/C22H22N4O/c27-22(23-12-10-16-8-9-19-15-25-26-21(19)14-16)24-13-11-18-6-3-5-17-4-1-2-7-20(17)18/h1-9,14-15H,10-13H2,(H,25,26)(H2,23,24,27). The first-order valence-electron chi connectivity index (χ1n) is 9.20. The van der Waals surface area contributed by atoms with Crippen molar-refractivity contribution in [2.45, 2.75) is 12.8 Å². The first-order valence-corrected chi connectivity index (χ1v) is 9.20. The van der Waals surface area contributed by atoms with Gasteiger partial charge in [-0.3, -0.25) is 5.10 Å². The van der Waals surface area contributed by atoms with Crippen LogP contribution in [-0.4, -0.2) is 29.3 Å². The first-order chi connectivity index (χ1) is 13.3. The van der Waals surface area contributed by atoms with Crippen LogP contribution in [0, 0.1) is 0 Å². The van der Waals surface area contributed by atoms with E-state index < -0.39 is 0 Å². The number of aromatic amines is 1. The zero-order valence-corrected chi connectivity index (χ0v) is 15.0. The molecule has 0 unspecified atom stereocenters. The van der Waals surface area contributed by atoms with Gasteiger partial charge in [-0.05, 0) is 40.8 Å². The van der Waals surface area contributed by atoms with Gasteiger partial charge in [0.05, 0.1) is 11.7 Å². The van der Waals surface area contributed by atoms with Gasteiger partial charge in [0, 0.05) is 18.5 Å². The van der Waals surface area contributed by atoms with E-state index >= 15 is 0 Å². The SMILES string of the molecule is O=C(NCCc1ccc2cn[nH]c2c1)NCCc1cccc2ccccc12. The molecular formula is C22H22N4O. The minimum Gasteiger partial charge on any atom is -0.338 e. The Balaban J connectivity index is 1.23. The number of nitrogens with one attached hydrogen (secondary N) is 3. The van der Waals surface area contributed by atoms with Crippen LogP contribution in [-0.2, 0) is 12.8 Å². The van der Waals surface area contributed by atoms with Crippen molar-refractivity contribution in [3.8, 4) is 0 Å². The fourth-order valence-electron chi connectivity index (χ4n) is 3.34. The molecule has 4 aromatic rings. The first kappa shape index (κ1) is 17.1. The van der Waals surface area contributed by atoms with Crippen molar-refractivity contribution in [3.63, 3.8) is 0 Å². The van der Waals surface area contributed by atoms with Gasteiger partial charge in [-0.2, -0.15) is 5.10 Å². The maximum atomic E-state index is 12.0. The molecule has 27 heavy (non-hydrogen) atoms. The second kappa shape index (κ2) is 7.91. The number of carbonyl (C=O) groups is 1. The fourth-order valence-corrected chi connectivity index (χ4v) is 3.34. The molecule has 0 atom stereocenters. The Morgan fingerprint density at radius 2 is 1.70 bits per heavy atom. The van der Waals surface area contributed by atoms with Crippen molar-refractivity contribution in [1.29, 1.82) is 0 Å². The summed E-state index contributed by atoms with van der Waals surface area (Å²) in [7, 11) is 0. The molecule has 2 amide bonds. The molecule has 136 valence electrons. The highest BCUT2D eigenvalue weighted by Crippen LogP contribution is 2.18. The smallest absolute Gasteiger partial charge is 0.314 e. The molecule has 0 saturated carbocycles. The molecule has 5 nitrogen and oxygen atoms in total. The van der Waals surface area contributed by atoms with Crippen molar-refractivity contribution >= 4 is 27.7 Å². The van der Waals surface area contributed by atoms with E-state index in [1.807, 2.05) is 18.2 Å². The van der Waals surface area contributed by atoms with E-state index in [4.69, 9.17) is 0 Å². The third-order valence-corrected chi connectivity index (χ3v) is 4.77. The van der Waals surface area contributed by atoms with Gasteiger partial charge in [-0.25, -0.2) is 4.79 Å². The summed E-state index contributed by atoms with van der Waals surface area (Å²) in [5, 5.41) is 16.4. The average molecular weight is 358 g/mol. The molecule has 0 aliphatic heterocycles. The number of benzene rings is 3. The van der Waals surface area contributed by atoms with Crippen LogP contribution in [0.5, 0.6) is 0 Å². The van der Waals surface area contributed by atoms with Crippen LogP contribution in [0.4, 0.5) is 4.79 Å². The summed E-state index contributed by atoms with van der Waals surface area (Å²) < 4.78 is 0. The van der Waals surface area contributed by atoms with Gasteiger partial charge in [-0.15, -0.1) is 0 Å². The molecule has 3 aromatic carbocycles. The average Bonchev–Trinajstić information content (AvgIpc) is 3.16. The van der Waals surface area contributed by atoms with E-state index in [-0.39, 0.29) is 6.03 Å². The molecule has 1 heterocycles. The third-order valence-electron chi connectivity index (χ3n) is 4.77. The number of hydrogen-bond donors (Lipinski definition) is 3. The molecule has 5 heteroatoms. The summed E-state index contributed by atoms with van der Waals surface area (Å²) >= 11 is 0. The Labute approximate surface area is 157 Å². The lowest BCUT2D eigenvalue weighted by molar-refractivity contribution is 0.241. The van der Waals surface area contributed by atoms with Crippen LogP contribution in [0.2, 0.25) is 0 Å². The Hall–Kier alpha value is -3.34. The molecule has 3 N–H and O–H groups in total. The highest BCUT2D eigenvalue weighted by atomic mass is 16.2. The highest BCUT2D eigenvalue weighted by Gasteiger charge is 2.03. The Kier molecular flexibility index (Phi) is 5.01. The summed E-state index contributed by atoms with van der Waals surface area (Å²) in [6, 6.07) is 20.7. The zero-order chi connectivity index (χ0) is 18.5. The fraction of sp³-hybridized carbons (Fsp3) is 0.182. The van der Waals surface area contributed by atoms with Gasteiger partial charge < -0.3 is 10.6 Å². The van der Waals surface area contributed by atoms with Gasteiger partial charge in [-0.1, -0.05) is 54.6 Å². The van der Waals surface area contributed by atoms with Crippen LogP contribution < -0.4 is 10.6 Å². The van der Waals surface area contributed by atoms with Crippen molar-refractivity contribution in [1.82, 2.24) is 20.8 Å². The second-order valence-electron chi connectivity index (χ2n) is 6.61. The van der Waals surface area contributed by atoms with E-state index in [9.17, 15) is 4.79 Å². The number of urea groups is 1. The lowest BCUT2D eigenvalue weighted by Crippen LogP contribution is -2.37. The van der Waals surface area contributed by atoms with Gasteiger partial charge in [0.2, 0.25) is 0 Å². The van der Waals surface area contributed by atoms with E-state index in [2.05, 4.69) is 63.3 Å². The molecule has 0 radical (unpaired) electrons. The number of H-pyrrole nitrogens is 1. The van der Waals surface area contributed by atoms with Gasteiger partial charge in [0.1, 0.15) is 0 Å². The van der Waals surface area contributed by atoms with Gasteiger partial charge in [0.15, 0.2) is 0 Å².